The first-order valence-electron chi connectivity index (χ1n) is 5.49. The smallest absolute Gasteiger partial charge is 0.307 e. The predicted molar refractivity (Wildman–Crippen MR) is 54.5 cm³/mol. The second-order valence-electron chi connectivity index (χ2n) is 4.39. The average molecular weight is 214 g/mol. The molecule has 0 bridgehead atoms. The van der Waals surface area contributed by atoms with Crippen molar-refractivity contribution in [2.45, 2.75) is 39.0 Å². The first-order chi connectivity index (χ1) is 7.04. The molecule has 3 atom stereocenters. The molecule has 86 valence electrons. The van der Waals surface area contributed by atoms with Crippen molar-refractivity contribution in [3.8, 4) is 0 Å². The third-order valence-electron chi connectivity index (χ3n) is 3.44. The van der Waals surface area contributed by atoms with Crippen molar-refractivity contribution in [1.29, 1.82) is 0 Å². The molecule has 0 amide bonds. The minimum Gasteiger partial charge on any atom is -0.481 e. The number of hydrogen-bond acceptors (Lipinski definition) is 2. The van der Waals surface area contributed by atoms with E-state index in [0.29, 0.717) is 5.92 Å². The molecule has 0 aromatic carbocycles. The lowest BCUT2D eigenvalue weighted by Crippen LogP contribution is -2.25. The van der Waals surface area contributed by atoms with Gasteiger partial charge in [-0.05, 0) is 24.7 Å². The Labute approximate surface area is 89.3 Å². The quantitative estimate of drug-likeness (QED) is 0.733. The molecule has 0 saturated heterocycles. The van der Waals surface area contributed by atoms with Gasteiger partial charge in [0.15, 0.2) is 0 Å². The largest absolute Gasteiger partial charge is 0.481 e. The van der Waals surface area contributed by atoms with Gasteiger partial charge < -0.3 is 10.2 Å². The van der Waals surface area contributed by atoms with Crippen molar-refractivity contribution in [3.05, 3.63) is 0 Å². The summed E-state index contributed by atoms with van der Waals surface area (Å²) in [6, 6.07) is 0. The van der Waals surface area contributed by atoms with Crippen LogP contribution in [0, 0.1) is 17.8 Å². The topological polar surface area (TPSA) is 74.6 Å². The van der Waals surface area contributed by atoms with Gasteiger partial charge in [-0.1, -0.05) is 19.8 Å². The lowest BCUT2D eigenvalue weighted by Gasteiger charge is -2.17. The van der Waals surface area contributed by atoms with E-state index in [2.05, 4.69) is 6.92 Å². The second kappa shape index (κ2) is 5.14. The van der Waals surface area contributed by atoms with Gasteiger partial charge in [0.1, 0.15) is 0 Å². The van der Waals surface area contributed by atoms with Crippen molar-refractivity contribution in [3.63, 3.8) is 0 Å². The molecule has 2 N–H and O–H groups in total. The predicted octanol–water partition coefficient (Wildman–Crippen LogP) is 1.99. The standard InChI is InChI=1S/C11H18O4/c1-2-7-3-4-8(5-7)9(11(14)15)6-10(12)13/h7-9H,2-6H2,1H3,(H,12,13)(H,14,15). The van der Waals surface area contributed by atoms with Crippen LogP contribution in [0.1, 0.15) is 39.0 Å². The molecule has 0 aromatic rings. The summed E-state index contributed by atoms with van der Waals surface area (Å²) in [7, 11) is 0. The lowest BCUT2D eigenvalue weighted by molar-refractivity contribution is -0.150. The molecule has 0 radical (unpaired) electrons. The normalized spacial score (nSPS) is 27.5. The molecule has 0 spiro atoms. The van der Waals surface area contributed by atoms with Crippen LogP contribution in [-0.4, -0.2) is 22.2 Å². The van der Waals surface area contributed by atoms with Crippen LogP contribution in [0.4, 0.5) is 0 Å². The van der Waals surface area contributed by atoms with Gasteiger partial charge in [-0.15, -0.1) is 0 Å². The maximum atomic E-state index is 11.0. The summed E-state index contributed by atoms with van der Waals surface area (Å²) in [4.78, 5) is 21.5. The van der Waals surface area contributed by atoms with Crippen molar-refractivity contribution >= 4 is 11.9 Å². The summed E-state index contributed by atoms with van der Waals surface area (Å²) in [5, 5.41) is 17.6. The van der Waals surface area contributed by atoms with E-state index in [4.69, 9.17) is 10.2 Å². The molecule has 3 unspecified atom stereocenters. The van der Waals surface area contributed by atoms with Crippen LogP contribution in [0.15, 0.2) is 0 Å². The minimum absolute atomic E-state index is 0.0588. The van der Waals surface area contributed by atoms with Crippen LogP contribution in [0.5, 0.6) is 0 Å². The molecule has 1 saturated carbocycles. The summed E-state index contributed by atoms with van der Waals surface area (Å²) in [5.74, 6) is -2.02. The van der Waals surface area contributed by atoms with Gasteiger partial charge >= 0.3 is 11.9 Å². The van der Waals surface area contributed by atoms with Crippen molar-refractivity contribution in [1.82, 2.24) is 0 Å². The van der Waals surface area contributed by atoms with Gasteiger partial charge in [0.05, 0.1) is 12.3 Å². The summed E-state index contributed by atoms with van der Waals surface area (Å²) in [6.45, 7) is 2.10. The highest BCUT2D eigenvalue weighted by molar-refractivity contribution is 5.78. The van der Waals surface area contributed by atoms with Gasteiger partial charge in [0.25, 0.3) is 0 Å². The number of carboxylic acids is 2. The van der Waals surface area contributed by atoms with Crippen LogP contribution in [0.25, 0.3) is 0 Å². The number of hydrogen-bond donors (Lipinski definition) is 2. The molecule has 1 aliphatic rings. The average Bonchev–Trinajstić information content (AvgIpc) is 2.61. The van der Waals surface area contributed by atoms with Crippen molar-refractivity contribution in [2.75, 3.05) is 0 Å². The van der Waals surface area contributed by atoms with Gasteiger partial charge in [-0.2, -0.15) is 0 Å². The molecule has 0 aliphatic heterocycles. The summed E-state index contributed by atoms with van der Waals surface area (Å²) < 4.78 is 0. The van der Waals surface area contributed by atoms with Gasteiger partial charge in [-0.3, -0.25) is 9.59 Å². The van der Waals surface area contributed by atoms with Crippen molar-refractivity contribution < 1.29 is 19.8 Å². The fourth-order valence-corrected chi connectivity index (χ4v) is 2.49. The van der Waals surface area contributed by atoms with E-state index < -0.39 is 17.9 Å². The third-order valence-corrected chi connectivity index (χ3v) is 3.44. The zero-order chi connectivity index (χ0) is 11.4. The number of carbonyl (C=O) groups is 2. The van der Waals surface area contributed by atoms with E-state index >= 15 is 0 Å². The lowest BCUT2D eigenvalue weighted by atomic mass is 9.87. The van der Waals surface area contributed by atoms with Crippen molar-refractivity contribution in [2.24, 2.45) is 17.8 Å². The first kappa shape index (κ1) is 12.0. The molecular formula is C11H18O4. The van der Waals surface area contributed by atoms with Crippen LogP contribution in [0.3, 0.4) is 0 Å². The molecule has 4 heteroatoms. The van der Waals surface area contributed by atoms with Crippen LogP contribution >= 0.6 is 0 Å². The Morgan fingerprint density at radius 1 is 1.33 bits per heavy atom. The Kier molecular flexibility index (Phi) is 4.12. The molecule has 1 rings (SSSR count). The van der Waals surface area contributed by atoms with Gasteiger partial charge in [-0.25, -0.2) is 0 Å². The molecule has 1 aliphatic carbocycles. The first-order valence-corrected chi connectivity index (χ1v) is 5.49. The summed E-state index contributed by atoms with van der Waals surface area (Å²) in [6.07, 6.45) is 3.61. The van der Waals surface area contributed by atoms with Crippen LogP contribution in [-0.2, 0) is 9.59 Å². The van der Waals surface area contributed by atoms with Gasteiger partial charge in [0.2, 0.25) is 0 Å². The number of aliphatic carboxylic acids is 2. The van der Waals surface area contributed by atoms with E-state index in [1.54, 1.807) is 0 Å². The maximum absolute atomic E-state index is 11.0. The monoisotopic (exact) mass is 214 g/mol. The van der Waals surface area contributed by atoms with Crippen LogP contribution < -0.4 is 0 Å². The maximum Gasteiger partial charge on any atom is 0.307 e. The molecule has 0 heterocycles. The highest BCUT2D eigenvalue weighted by Crippen LogP contribution is 2.38. The SMILES string of the molecule is CCC1CCC(C(CC(=O)O)C(=O)O)C1. The zero-order valence-corrected chi connectivity index (χ0v) is 8.98. The van der Waals surface area contributed by atoms with E-state index in [1.807, 2.05) is 0 Å². The molecule has 0 aromatic heterocycles. The Morgan fingerprint density at radius 2 is 2.00 bits per heavy atom. The summed E-state index contributed by atoms with van der Waals surface area (Å²) >= 11 is 0. The van der Waals surface area contributed by atoms with E-state index in [1.165, 1.54) is 0 Å². The summed E-state index contributed by atoms with van der Waals surface area (Å²) in [5.41, 5.74) is 0. The second-order valence-corrected chi connectivity index (χ2v) is 4.39. The highest BCUT2D eigenvalue weighted by Gasteiger charge is 2.35. The number of carboxylic acid groups (broad SMARTS) is 2. The Balaban J connectivity index is 2.57. The van der Waals surface area contributed by atoms with E-state index in [-0.39, 0.29) is 12.3 Å². The Morgan fingerprint density at radius 3 is 2.40 bits per heavy atom. The Bertz CT molecular complexity index is 249. The highest BCUT2D eigenvalue weighted by atomic mass is 16.4. The fourth-order valence-electron chi connectivity index (χ4n) is 2.49. The third kappa shape index (κ3) is 3.22. The van der Waals surface area contributed by atoms with E-state index in [9.17, 15) is 9.59 Å². The molecular weight excluding hydrogens is 196 g/mol. The molecule has 4 nitrogen and oxygen atoms in total. The Hall–Kier alpha value is -1.06. The minimum atomic E-state index is -1.01. The fraction of sp³-hybridized carbons (Fsp3) is 0.818. The van der Waals surface area contributed by atoms with E-state index in [0.717, 1.165) is 25.7 Å². The number of rotatable bonds is 5. The molecule has 15 heavy (non-hydrogen) atoms. The van der Waals surface area contributed by atoms with Gasteiger partial charge in [0, 0.05) is 0 Å². The molecule has 1 fully saturated rings. The zero-order valence-electron chi connectivity index (χ0n) is 8.98. The van der Waals surface area contributed by atoms with Crippen LogP contribution in [0.2, 0.25) is 0 Å².